The van der Waals surface area contributed by atoms with Crippen LogP contribution in [-0.2, 0) is 14.6 Å². The molecule has 1 amide bonds. The lowest BCUT2D eigenvalue weighted by molar-refractivity contribution is -0.117. The van der Waals surface area contributed by atoms with Crippen molar-refractivity contribution in [3.63, 3.8) is 0 Å². The highest BCUT2D eigenvalue weighted by molar-refractivity contribution is 7.90. The van der Waals surface area contributed by atoms with Crippen LogP contribution in [0.3, 0.4) is 0 Å². The quantitative estimate of drug-likeness (QED) is 0.809. The summed E-state index contributed by atoms with van der Waals surface area (Å²) in [5, 5.41) is 7.28. The van der Waals surface area contributed by atoms with Crippen LogP contribution in [0.4, 0.5) is 5.82 Å². The minimum atomic E-state index is -3.16. The second-order valence-electron chi connectivity index (χ2n) is 5.11. The van der Waals surface area contributed by atoms with Crippen LogP contribution in [0.2, 0.25) is 5.02 Å². The first-order chi connectivity index (χ1) is 10.8. The number of hydrogen-bond donors (Lipinski definition) is 2. The predicted octanol–water partition coefficient (Wildman–Crippen LogP) is 1.23. The SMILES string of the molecule is CS(=O)(=O)CCC(N)C(=O)Nc1ccn(-c2ccccc2Cl)n1. The van der Waals surface area contributed by atoms with Gasteiger partial charge in [0.25, 0.3) is 0 Å². The third-order valence-corrected chi connectivity index (χ3v) is 4.37. The third kappa shape index (κ3) is 5.05. The number of carbonyl (C=O) groups excluding carboxylic acids is 1. The highest BCUT2D eigenvalue weighted by atomic mass is 35.5. The van der Waals surface area contributed by atoms with Gasteiger partial charge in [0.05, 0.1) is 22.5 Å². The van der Waals surface area contributed by atoms with E-state index in [1.165, 1.54) is 4.68 Å². The van der Waals surface area contributed by atoms with E-state index in [0.717, 1.165) is 6.26 Å². The number of benzene rings is 1. The van der Waals surface area contributed by atoms with E-state index in [0.29, 0.717) is 16.5 Å². The second-order valence-corrected chi connectivity index (χ2v) is 7.78. The average Bonchev–Trinajstić information content (AvgIpc) is 2.92. The van der Waals surface area contributed by atoms with E-state index in [1.807, 2.05) is 6.07 Å². The van der Waals surface area contributed by atoms with Crippen molar-refractivity contribution in [1.29, 1.82) is 0 Å². The van der Waals surface area contributed by atoms with Crippen LogP contribution in [-0.4, -0.2) is 42.2 Å². The zero-order valence-corrected chi connectivity index (χ0v) is 14.0. The summed E-state index contributed by atoms with van der Waals surface area (Å²) in [4.78, 5) is 11.9. The molecule has 0 fully saturated rings. The van der Waals surface area contributed by atoms with Crippen LogP contribution in [0.1, 0.15) is 6.42 Å². The van der Waals surface area contributed by atoms with E-state index in [4.69, 9.17) is 17.3 Å². The standard InChI is InChI=1S/C14H17ClN4O3S/c1-23(21,22)9-7-11(16)14(20)17-13-6-8-19(18-13)12-5-3-2-4-10(12)15/h2-6,8,11H,7,9,16H2,1H3,(H,17,18,20). The van der Waals surface area contributed by atoms with Crippen molar-refractivity contribution in [3.05, 3.63) is 41.6 Å². The Labute approximate surface area is 139 Å². The van der Waals surface area contributed by atoms with Gasteiger partial charge in [0, 0.05) is 18.5 Å². The highest BCUT2D eigenvalue weighted by Gasteiger charge is 2.17. The molecular formula is C14H17ClN4O3S. The maximum atomic E-state index is 11.9. The van der Waals surface area contributed by atoms with Gasteiger partial charge in [-0.3, -0.25) is 4.79 Å². The maximum absolute atomic E-state index is 11.9. The largest absolute Gasteiger partial charge is 0.320 e. The van der Waals surface area contributed by atoms with Crippen LogP contribution in [0, 0.1) is 0 Å². The van der Waals surface area contributed by atoms with Gasteiger partial charge in [0.2, 0.25) is 5.91 Å². The molecule has 1 aromatic heterocycles. The smallest absolute Gasteiger partial charge is 0.242 e. The van der Waals surface area contributed by atoms with Gasteiger partial charge < -0.3 is 11.1 Å². The van der Waals surface area contributed by atoms with E-state index >= 15 is 0 Å². The number of nitrogens with one attached hydrogen (secondary N) is 1. The number of nitrogens with zero attached hydrogens (tertiary/aromatic N) is 2. The molecule has 1 atom stereocenters. The normalized spacial score (nSPS) is 12.8. The number of carbonyl (C=O) groups is 1. The Morgan fingerprint density at radius 1 is 1.39 bits per heavy atom. The molecule has 0 radical (unpaired) electrons. The average molecular weight is 357 g/mol. The number of rotatable bonds is 6. The van der Waals surface area contributed by atoms with Crippen molar-refractivity contribution in [2.24, 2.45) is 5.73 Å². The predicted molar refractivity (Wildman–Crippen MR) is 89.5 cm³/mol. The molecule has 2 rings (SSSR count). The van der Waals surface area contributed by atoms with Crippen molar-refractivity contribution in [2.75, 3.05) is 17.3 Å². The molecule has 0 aliphatic rings. The fraction of sp³-hybridized carbons (Fsp3) is 0.286. The van der Waals surface area contributed by atoms with E-state index in [-0.39, 0.29) is 12.2 Å². The molecule has 0 aliphatic carbocycles. The third-order valence-electron chi connectivity index (χ3n) is 3.08. The van der Waals surface area contributed by atoms with E-state index in [9.17, 15) is 13.2 Å². The highest BCUT2D eigenvalue weighted by Crippen LogP contribution is 2.19. The molecule has 0 aliphatic heterocycles. The summed E-state index contributed by atoms with van der Waals surface area (Å²) >= 11 is 6.08. The fourth-order valence-corrected chi connectivity index (χ4v) is 2.76. The Bertz CT molecular complexity index is 804. The van der Waals surface area contributed by atoms with Gasteiger partial charge in [0.1, 0.15) is 9.84 Å². The monoisotopic (exact) mass is 356 g/mol. The fourth-order valence-electron chi connectivity index (χ4n) is 1.85. The summed E-state index contributed by atoms with van der Waals surface area (Å²) in [5.74, 6) is -0.321. The molecule has 0 saturated heterocycles. The minimum Gasteiger partial charge on any atom is -0.320 e. The lowest BCUT2D eigenvalue weighted by atomic mass is 10.2. The molecule has 0 spiro atoms. The van der Waals surface area contributed by atoms with Crippen LogP contribution >= 0.6 is 11.6 Å². The van der Waals surface area contributed by atoms with Gasteiger partial charge in [-0.15, -0.1) is 0 Å². The van der Waals surface area contributed by atoms with Gasteiger partial charge in [0.15, 0.2) is 5.82 Å². The summed E-state index contributed by atoms with van der Waals surface area (Å²) in [6.07, 6.45) is 2.80. The molecule has 0 bridgehead atoms. The zero-order chi connectivity index (χ0) is 17.0. The first-order valence-corrected chi connectivity index (χ1v) is 9.25. The minimum absolute atomic E-state index is 0.0515. The van der Waals surface area contributed by atoms with Crippen LogP contribution in [0.5, 0.6) is 0 Å². The van der Waals surface area contributed by atoms with Gasteiger partial charge in [-0.05, 0) is 18.6 Å². The van der Waals surface area contributed by atoms with Crippen molar-refractivity contribution in [3.8, 4) is 5.69 Å². The van der Waals surface area contributed by atoms with E-state index in [2.05, 4.69) is 10.4 Å². The molecule has 124 valence electrons. The molecular weight excluding hydrogens is 340 g/mol. The number of nitrogens with two attached hydrogens (primary N) is 1. The first kappa shape index (κ1) is 17.5. The maximum Gasteiger partial charge on any atom is 0.242 e. The Morgan fingerprint density at radius 3 is 2.74 bits per heavy atom. The number of aromatic nitrogens is 2. The summed E-state index contributed by atoms with van der Waals surface area (Å²) in [7, 11) is -3.16. The number of amides is 1. The van der Waals surface area contributed by atoms with Gasteiger partial charge in [-0.25, -0.2) is 13.1 Å². The Balaban J connectivity index is 2.02. The molecule has 1 heterocycles. The summed E-state index contributed by atoms with van der Waals surface area (Å²) in [6.45, 7) is 0. The summed E-state index contributed by atoms with van der Waals surface area (Å²) in [5.41, 5.74) is 6.36. The number of para-hydroxylation sites is 1. The van der Waals surface area contributed by atoms with Gasteiger partial charge in [-0.2, -0.15) is 5.10 Å². The van der Waals surface area contributed by atoms with E-state index < -0.39 is 21.8 Å². The lowest BCUT2D eigenvalue weighted by Crippen LogP contribution is -2.37. The van der Waals surface area contributed by atoms with E-state index in [1.54, 1.807) is 30.5 Å². The van der Waals surface area contributed by atoms with Crippen molar-refractivity contribution in [2.45, 2.75) is 12.5 Å². The molecule has 1 unspecified atom stereocenters. The molecule has 23 heavy (non-hydrogen) atoms. The molecule has 2 aromatic rings. The Morgan fingerprint density at radius 2 is 2.09 bits per heavy atom. The zero-order valence-electron chi connectivity index (χ0n) is 12.4. The summed E-state index contributed by atoms with van der Waals surface area (Å²) < 4.78 is 23.7. The summed E-state index contributed by atoms with van der Waals surface area (Å²) in [6, 6.07) is 7.83. The van der Waals surface area contributed by atoms with Crippen molar-refractivity contribution in [1.82, 2.24) is 9.78 Å². The Kier molecular flexibility index (Phi) is 5.40. The number of hydrogen-bond acceptors (Lipinski definition) is 5. The molecule has 7 nitrogen and oxygen atoms in total. The topological polar surface area (TPSA) is 107 Å². The molecule has 9 heteroatoms. The molecule has 0 saturated carbocycles. The van der Waals surface area contributed by atoms with Crippen LogP contribution < -0.4 is 11.1 Å². The molecule has 3 N–H and O–H groups in total. The van der Waals surface area contributed by atoms with Crippen molar-refractivity contribution < 1.29 is 13.2 Å². The number of anilines is 1. The van der Waals surface area contributed by atoms with Gasteiger partial charge in [-0.1, -0.05) is 23.7 Å². The number of sulfone groups is 1. The van der Waals surface area contributed by atoms with Crippen molar-refractivity contribution >= 4 is 33.2 Å². The number of halogens is 1. The second kappa shape index (κ2) is 7.12. The van der Waals surface area contributed by atoms with Crippen LogP contribution in [0.15, 0.2) is 36.5 Å². The molecule has 1 aromatic carbocycles. The first-order valence-electron chi connectivity index (χ1n) is 6.81. The van der Waals surface area contributed by atoms with Gasteiger partial charge >= 0.3 is 0 Å². The van der Waals surface area contributed by atoms with Crippen LogP contribution in [0.25, 0.3) is 5.69 Å². The Hall–Kier alpha value is -1.90. The lowest BCUT2D eigenvalue weighted by Gasteiger charge is -2.10.